The maximum atomic E-state index is 13.9. The van der Waals surface area contributed by atoms with Crippen LogP contribution < -0.4 is 10.6 Å². The summed E-state index contributed by atoms with van der Waals surface area (Å²) < 4.78 is 46.4. The third-order valence-electron chi connectivity index (χ3n) is 3.70. The highest BCUT2D eigenvalue weighted by Crippen LogP contribution is 2.47. The Balaban J connectivity index is 2.00. The lowest BCUT2D eigenvalue weighted by molar-refractivity contribution is -0.261. The van der Waals surface area contributed by atoms with Crippen LogP contribution in [0.3, 0.4) is 0 Å². The van der Waals surface area contributed by atoms with Crippen molar-refractivity contribution >= 4 is 29.3 Å². The second kappa shape index (κ2) is 6.45. The number of fused-ring (bicyclic) bond motifs is 1. The third kappa shape index (κ3) is 3.15. The number of rotatable bonds is 3. The molecule has 1 aliphatic heterocycles. The summed E-state index contributed by atoms with van der Waals surface area (Å²) in [4.78, 5) is 31.0. The molecule has 0 radical (unpaired) electrons. The number of cyclic esters (lactones) is 1. The van der Waals surface area contributed by atoms with Gasteiger partial charge in [-0.05, 0) is 18.2 Å². The van der Waals surface area contributed by atoms with Gasteiger partial charge in [0.1, 0.15) is 6.33 Å². The van der Waals surface area contributed by atoms with Gasteiger partial charge >= 0.3 is 12.3 Å². The molecule has 0 saturated carbocycles. The molecule has 1 aliphatic rings. The third-order valence-corrected chi connectivity index (χ3v) is 3.93. The van der Waals surface area contributed by atoms with Crippen molar-refractivity contribution in [3.8, 4) is 0 Å². The maximum Gasteiger partial charge on any atom is 0.434 e. The van der Waals surface area contributed by atoms with E-state index in [0.717, 1.165) is 18.5 Å². The summed E-state index contributed by atoms with van der Waals surface area (Å²) in [5.41, 5.74) is -3.67. The molecule has 2 heterocycles. The lowest BCUT2D eigenvalue weighted by atomic mass is 9.89. The van der Waals surface area contributed by atoms with Crippen LogP contribution in [0.2, 0.25) is 5.02 Å². The van der Waals surface area contributed by atoms with Crippen LogP contribution in [0.15, 0.2) is 36.9 Å². The van der Waals surface area contributed by atoms with Crippen LogP contribution in [0.25, 0.3) is 0 Å². The zero-order chi connectivity index (χ0) is 18.9. The molecule has 2 amide bonds. The predicted molar refractivity (Wildman–Crippen MR) is 83.7 cm³/mol. The van der Waals surface area contributed by atoms with Gasteiger partial charge in [-0.1, -0.05) is 11.6 Å². The Morgan fingerprint density at radius 1 is 1.31 bits per heavy atom. The smallest absolute Gasteiger partial charge is 0.426 e. The van der Waals surface area contributed by atoms with Crippen LogP contribution in [0, 0.1) is 0 Å². The zero-order valence-corrected chi connectivity index (χ0v) is 13.6. The Hall–Kier alpha value is -2.88. The largest absolute Gasteiger partial charge is 0.434 e. The number of nitrogens with one attached hydrogen (secondary N) is 2. The molecule has 0 saturated heterocycles. The highest BCUT2D eigenvalue weighted by atomic mass is 35.5. The first kappa shape index (κ1) is 17.9. The number of benzene rings is 1. The Morgan fingerprint density at radius 3 is 2.65 bits per heavy atom. The van der Waals surface area contributed by atoms with Gasteiger partial charge in [-0.25, -0.2) is 14.8 Å². The van der Waals surface area contributed by atoms with Gasteiger partial charge in [0.05, 0.1) is 17.8 Å². The van der Waals surface area contributed by atoms with Crippen molar-refractivity contribution in [1.82, 2.24) is 15.3 Å². The maximum absolute atomic E-state index is 13.9. The first-order valence-corrected chi connectivity index (χ1v) is 7.51. The van der Waals surface area contributed by atoms with E-state index in [1.807, 2.05) is 0 Å². The minimum Gasteiger partial charge on any atom is -0.426 e. The first-order chi connectivity index (χ1) is 12.2. The van der Waals surface area contributed by atoms with Crippen molar-refractivity contribution in [1.29, 1.82) is 0 Å². The summed E-state index contributed by atoms with van der Waals surface area (Å²) >= 11 is 5.81. The summed E-state index contributed by atoms with van der Waals surface area (Å²) in [5, 5.41) is 4.30. The number of nitrogens with zero attached hydrogens (tertiary/aromatic N) is 2. The molecule has 3 rings (SSSR count). The van der Waals surface area contributed by atoms with Crippen molar-refractivity contribution in [3.63, 3.8) is 0 Å². The summed E-state index contributed by atoms with van der Waals surface area (Å²) in [6, 6.07) is 3.58. The number of anilines is 1. The molecule has 1 aromatic heterocycles. The molecule has 0 spiro atoms. The number of aromatic nitrogens is 2. The lowest BCUT2D eigenvalue weighted by Crippen LogP contribution is -2.56. The number of halogens is 4. The van der Waals surface area contributed by atoms with E-state index in [2.05, 4.69) is 25.3 Å². The van der Waals surface area contributed by atoms with Gasteiger partial charge in [0.15, 0.2) is 0 Å². The summed E-state index contributed by atoms with van der Waals surface area (Å²) in [7, 11) is 0. The molecular formula is C15H10ClF3N4O3. The van der Waals surface area contributed by atoms with Gasteiger partial charge in [0.25, 0.3) is 11.5 Å². The minimum absolute atomic E-state index is 0.0138. The Kier molecular flexibility index (Phi) is 4.45. The number of ether oxygens (including phenoxy) is 1. The van der Waals surface area contributed by atoms with Crippen LogP contribution >= 0.6 is 11.6 Å². The molecule has 26 heavy (non-hydrogen) atoms. The topological polar surface area (TPSA) is 93.2 Å². The summed E-state index contributed by atoms with van der Waals surface area (Å²) in [6.07, 6.45) is -2.87. The van der Waals surface area contributed by atoms with E-state index < -0.39 is 35.9 Å². The van der Waals surface area contributed by atoms with Crippen molar-refractivity contribution in [2.24, 2.45) is 0 Å². The van der Waals surface area contributed by atoms with Crippen molar-refractivity contribution < 1.29 is 27.5 Å². The number of amides is 2. The fourth-order valence-corrected chi connectivity index (χ4v) is 2.65. The van der Waals surface area contributed by atoms with Crippen LogP contribution in [-0.4, -0.2) is 34.7 Å². The standard InChI is InChI=1S/C15H10ClF3N4O3/c16-9-1-2-11-10(3-9)14(15(17,18)19,26-13(25)23-11)6-22-12(24)8-4-20-7-21-5-8/h1-5,7H,6H2,(H,22,24)(H,23,25). The van der Waals surface area contributed by atoms with E-state index in [9.17, 15) is 22.8 Å². The van der Waals surface area contributed by atoms with E-state index in [4.69, 9.17) is 11.6 Å². The highest BCUT2D eigenvalue weighted by molar-refractivity contribution is 6.30. The first-order valence-electron chi connectivity index (χ1n) is 7.13. The normalized spacial score (nSPS) is 19.2. The molecule has 7 nitrogen and oxygen atoms in total. The number of alkyl halides is 3. The zero-order valence-electron chi connectivity index (χ0n) is 12.8. The summed E-state index contributed by atoms with van der Waals surface area (Å²) in [6.45, 7) is -1.05. The molecule has 2 N–H and O–H groups in total. The molecular weight excluding hydrogens is 377 g/mol. The monoisotopic (exact) mass is 386 g/mol. The Morgan fingerprint density at radius 2 is 2.00 bits per heavy atom. The van der Waals surface area contributed by atoms with E-state index in [1.54, 1.807) is 0 Å². The van der Waals surface area contributed by atoms with Crippen molar-refractivity contribution in [2.75, 3.05) is 11.9 Å². The quantitative estimate of drug-likeness (QED) is 0.846. The molecule has 0 bridgehead atoms. The van der Waals surface area contributed by atoms with E-state index >= 15 is 0 Å². The van der Waals surface area contributed by atoms with E-state index in [0.29, 0.717) is 0 Å². The van der Waals surface area contributed by atoms with Crippen LogP contribution in [0.4, 0.5) is 23.7 Å². The van der Waals surface area contributed by atoms with Gasteiger partial charge in [-0.2, -0.15) is 13.2 Å². The molecule has 1 atom stereocenters. The van der Waals surface area contributed by atoms with Crippen LogP contribution in [-0.2, 0) is 10.3 Å². The van der Waals surface area contributed by atoms with Gasteiger partial charge in [-0.15, -0.1) is 0 Å². The SMILES string of the molecule is O=C1Nc2ccc(Cl)cc2C(CNC(=O)c2cncnc2)(C(F)(F)F)O1. The van der Waals surface area contributed by atoms with E-state index in [1.165, 1.54) is 18.5 Å². The fraction of sp³-hybridized carbons (Fsp3) is 0.200. The molecule has 2 aromatic rings. The minimum atomic E-state index is -5.02. The average Bonchev–Trinajstić information content (AvgIpc) is 2.59. The number of hydrogen-bond acceptors (Lipinski definition) is 5. The van der Waals surface area contributed by atoms with Crippen LogP contribution in [0.5, 0.6) is 0 Å². The van der Waals surface area contributed by atoms with Gasteiger partial charge in [0.2, 0.25) is 0 Å². The molecule has 1 unspecified atom stereocenters. The second-order valence-electron chi connectivity index (χ2n) is 5.34. The second-order valence-corrected chi connectivity index (χ2v) is 5.78. The Labute approximate surface area is 149 Å². The highest BCUT2D eigenvalue weighted by Gasteiger charge is 2.62. The van der Waals surface area contributed by atoms with Crippen molar-refractivity contribution in [3.05, 3.63) is 53.1 Å². The summed E-state index contributed by atoms with van der Waals surface area (Å²) in [5.74, 6) is -0.854. The molecule has 136 valence electrons. The number of hydrogen-bond donors (Lipinski definition) is 2. The molecule has 1 aromatic carbocycles. The molecule has 0 aliphatic carbocycles. The predicted octanol–water partition coefficient (Wildman–Crippen LogP) is 2.88. The number of carbonyl (C=O) groups is 2. The Bertz CT molecular complexity index is 863. The van der Waals surface area contributed by atoms with Crippen LogP contribution in [0.1, 0.15) is 15.9 Å². The average molecular weight is 387 g/mol. The number of carbonyl (C=O) groups excluding carboxylic acids is 2. The van der Waals surface area contributed by atoms with Gasteiger partial charge in [-0.3, -0.25) is 10.1 Å². The molecule has 11 heteroatoms. The van der Waals surface area contributed by atoms with Gasteiger partial charge < -0.3 is 10.1 Å². The van der Waals surface area contributed by atoms with Crippen molar-refractivity contribution in [2.45, 2.75) is 11.8 Å². The molecule has 0 fully saturated rings. The van der Waals surface area contributed by atoms with Gasteiger partial charge in [0, 0.05) is 23.0 Å². The lowest BCUT2D eigenvalue weighted by Gasteiger charge is -2.39. The van der Waals surface area contributed by atoms with E-state index in [-0.39, 0.29) is 16.3 Å². The fourth-order valence-electron chi connectivity index (χ4n) is 2.47.